The number of aromatic nitrogens is 2. The molecule has 0 spiro atoms. The largest absolute Gasteiger partial charge is 0.329 e. The third-order valence-electron chi connectivity index (χ3n) is 4.56. The maximum atomic E-state index is 12.7. The van der Waals surface area contributed by atoms with Crippen LogP contribution in [0.3, 0.4) is 0 Å². The van der Waals surface area contributed by atoms with E-state index >= 15 is 0 Å². The molecule has 4 rings (SSSR count). The highest BCUT2D eigenvalue weighted by molar-refractivity contribution is 7.99. The van der Waals surface area contributed by atoms with Crippen LogP contribution in [0, 0.1) is 5.92 Å². The van der Waals surface area contributed by atoms with Crippen LogP contribution in [0.2, 0.25) is 5.02 Å². The number of nitrogens with one attached hydrogen (secondary N) is 1. The molecule has 1 aromatic heterocycles. The standard InChI is InChI=1S/C20H18ClN3OS/c1-24-11-10-22-20(24)26-18-9-5-4-8-17(18)23-19(25)15-12-14(15)13-6-2-3-7-16(13)21/h2-11,14-15H,12H2,1H3,(H,23,25). The van der Waals surface area contributed by atoms with Crippen LogP contribution >= 0.6 is 23.4 Å². The number of amides is 1. The number of carbonyl (C=O) groups excluding carboxylic acids is 1. The first kappa shape index (κ1) is 17.2. The molecular formula is C20H18ClN3OS. The summed E-state index contributed by atoms with van der Waals surface area (Å²) in [7, 11) is 1.95. The third kappa shape index (κ3) is 3.50. The normalized spacial score (nSPS) is 18.5. The fraction of sp³-hybridized carbons (Fsp3) is 0.200. The molecule has 2 unspecified atom stereocenters. The second-order valence-corrected chi connectivity index (χ2v) is 7.79. The maximum Gasteiger partial charge on any atom is 0.228 e. The van der Waals surface area contributed by atoms with E-state index in [0.29, 0.717) is 0 Å². The average Bonchev–Trinajstić information content (AvgIpc) is 3.34. The second kappa shape index (κ2) is 7.17. The Bertz CT molecular complexity index is 955. The predicted molar refractivity (Wildman–Crippen MR) is 105 cm³/mol. The summed E-state index contributed by atoms with van der Waals surface area (Å²) in [4.78, 5) is 18.0. The zero-order valence-corrected chi connectivity index (χ0v) is 15.8. The first-order chi connectivity index (χ1) is 12.6. The minimum atomic E-state index is -0.0267. The number of rotatable bonds is 5. The van der Waals surface area contributed by atoms with E-state index in [1.807, 2.05) is 66.3 Å². The van der Waals surface area contributed by atoms with E-state index in [0.717, 1.165) is 32.7 Å². The lowest BCUT2D eigenvalue weighted by atomic mass is 10.1. The van der Waals surface area contributed by atoms with Crippen molar-refractivity contribution < 1.29 is 4.79 Å². The molecule has 1 amide bonds. The van der Waals surface area contributed by atoms with Crippen molar-refractivity contribution in [2.75, 3.05) is 5.32 Å². The number of aryl methyl sites for hydroxylation is 1. The lowest BCUT2D eigenvalue weighted by Crippen LogP contribution is -2.15. The summed E-state index contributed by atoms with van der Waals surface area (Å²) in [5.74, 6) is 0.224. The minimum absolute atomic E-state index is 0.0267. The summed E-state index contributed by atoms with van der Waals surface area (Å²) >= 11 is 7.80. The Morgan fingerprint density at radius 1 is 1.23 bits per heavy atom. The summed E-state index contributed by atoms with van der Waals surface area (Å²) in [6.45, 7) is 0. The number of imidazole rings is 1. The lowest BCUT2D eigenvalue weighted by Gasteiger charge is -2.11. The van der Waals surface area contributed by atoms with E-state index in [1.54, 1.807) is 6.20 Å². The Morgan fingerprint density at radius 3 is 2.77 bits per heavy atom. The number of anilines is 1. The highest BCUT2D eigenvalue weighted by atomic mass is 35.5. The SMILES string of the molecule is Cn1ccnc1Sc1ccccc1NC(=O)C1CC1c1ccccc1Cl. The van der Waals surface area contributed by atoms with Gasteiger partial charge in [-0.1, -0.05) is 41.9 Å². The van der Waals surface area contributed by atoms with Crippen molar-refractivity contribution in [1.82, 2.24) is 9.55 Å². The first-order valence-corrected chi connectivity index (χ1v) is 9.62. The first-order valence-electron chi connectivity index (χ1n) is 8.43. The second-order valence-electron chi connectivity index (χ2n) is 6.38. The summed E-state index contributed by atoms with van der Waals surface area (Å²) in [5, 5.41) is 4.70. The number of hydrogen-bond donors (Lipinski definition) is 1. The molecule has 1 fully saturated rings. The van der Waals surface area contributed by atoms with Crippen molar-refractivity contribution in [3.05, 3.63) is 71.5 Å². The molecule has 1 aliphatic carbocycles. The number of para-hydroxylation sites is 1. The van der Waals surface area contributed by atoms with Gasteiger partial charge < -0.3 is 9.88 Å². The van der Waals surface area contributed by atoms with Crippen molar-refractivity contribution in [2.24, 2.45) is 13.0 Å². The highest BCUT2D eigenvalue weighted by Gasteiger charge is 2.44. The van der Waals surface area contributed by atoms with E-state index in [1.165, 1.54) is 11.8 Å². The highest BCUT2D eigenvalue weighted by Crippen LogP contribution is 2.50. The molecule has 0 radical (unpaired) electrons. The molecule has 1 saturated carbocycles. The van der Waals surface area contributed by atoms with Crippen molar-refractivity contribution >= 4 is 35.0 Å². The van der Waals surface area contributed by atoms with Crippen LogP contribution in [0.15, 0.2) is 71.0 Å². The summed E-state index contributed by atoms with van der Waals surface area (Å²) in [6.07, 6.45) is 4.51. The molecule has 26 heavy (non-hydrogen) atoms. The quantitative estimate of drug-likeness (QED) is 0.676. The van der Waals surface area contributed by atoms with Gasteiger partial charge in [0.25, 0.3) is 0 Å². The van der Waals surface area contributed by atoms with Crippen LogP contribution in [-0.2, 0) is 11.8 Å². The molecule has 1 N–H and O–H groups in total. The number of carbonyl (C=O) groups is 1. The molecular weight excluding hydrogens is 366 g/mol. The van der Waals surface area contributed by atoms with Crippen molar-refractivity contribution in [3.63, 3.8) is 0 Å². The van der Waals surface area contributed by atoms with Gasteiger partial charge in [0.1, 0.15) is 0 Å². The van der Waals surface area contributed by atoms with E-state index in [-0.39, 0.29) is 17.7 Å². The predicted octanol–water partition coefficient (Wildman–Crippen LogP) is 4.97. The summed E-state index contributed by atoms with van der Waals surface area (Å²) < 4.78 is 1.96. The van der Waals surface area contributed by atoms with Gasteiger partial charge in [-0.3, -0.25) is 4.79 Å². The third-order valence-corrected chi connectivity index (χ3v) is 6.05. The molecule has 3 aromatic rings. The average molecular weight is 384 g/mol. The van der Waals surface area contributed by atoms with Crippen LogP contribution in [0.4, 0.5) is 5.69 Å². The van der Waals surface area contributed by atoms with Gasteiger partial charge in [0.15, 0.2) is 5.16 Å². The number of benzene rings is 2. The molecule has 132 valence electrons. The van der Waals surface area contributed by atoms with Crippen LogP contribution in [0.1, 0.15) is 17.9 Å². The van der Waals surface area contributed by atoms with Gasteiger partial charge in [-0.15, -0.1) is 0 Å². The molecule has 6 heteroatoms. The molecule has 0 bridgehead atoms. The summed E-state index contributed by atoms with van der Waals surface area (Å²) in [5.41, 5.74) is 1.88. The van der Waals surface area contributed by atoms with Crippen molar-refractivity contribution in [3.8, 4) is 0 Å². The Balaban J connectivity index is 1.48. The Morgan fingerprint density at radius 2 is 2.00 bits per heavy atom. The van der Waals surface area contributed by atoms with Crippen LogP contribution < -0.4 is 5.32 Å². The van der Waals surface area contributed by atoms with Gasteiger partial charge in [-0.25, -0.2) is 4.98 Å². The Kier molecular flexibility index (Phi) is 4.74. The molecule has 4 nitrogen and oxygen atoms in total. The van der Waals surface area contributed by atoms with Crippen LogP contribution in [0.25, 0.3) is 0 Å². The van der Waals surface area contributed by atoms with Gasteiger partial charge in [-0.2, -0.15) is 0 Å². The number of hydrogen-bond acceptors (Lipinski definition) is 3. The number of nitrogens with zero attached hydrogens (tertiary/aromatic N) is 2. The van der Waals surface area contributed by atoms with Gasteiger partial charge in [0.05, 0.1) is 5.69 Å². The zero-order valence-electron chi connectivity index (χ0n) is 14.2. The number of halogens is 1. The van der Waals surface area contributed by atoms with Gasteiger partial charge in [0, 0.05) is 35.3 Å². The lowest BCUT2D eigenvalue weighted by molar-refractivity contribution is -0.117. The fourth-order valence-corrected chi connectivity index (χ4v) is 4.20. The van der Waals surface area contributed by atoms with E-state index in [4.69, 9.17) is 11.6 Å². The monoisotopic (exact) mass is 383 g/mol. The topological polar surface area (TPSA) is 46.9 Å². The molecule has 0 saturated heterocycles. The van der Waals surface area contributed by atoms with Gasteiger partial charge >= 0.3 is 0 Å². The minimum Gasteiger partial charge on any atom is -0.329 e. The van der Waals surface area contributed by atoms with Crippen molar-refractivity contribution in [1.29, 1.82) is 0 Å². The maximum absolute atomic E-state index is 12.7. The van der Waals surface area contributed by atoms with Crippen LogP contribution in [-0.4, -0.2) is 15.5 Å². The fourth-order valence-electron chi connectivity index (χ4n) is 3.04. The Hall–Kier alpha value is -2.24. The molecule has 1 aliphatic rings. The van der Waals surface area contributed by atoms with Crippen molar-refractivity contribution in [2.45, 2.75) is 22.4 Å². The van der Waals surface area contributed by atoms with E-state index < -0.39 is 0 Å². The molecule has 2 atom stereocenters. The van der Waals surface area contributed by atoms with Crippen LogP contribution in [0.5, 0.6) is 0 Å². The zero-order chi connectivity index (χ0) is 18.1. The molecule has 2 aromatic carbocycles. The smallest absolute Gasteiger partial charge is 0.228 e. The van der Waals surface area contributed by atoms with Gasteiger partial charge in [-0.05, 0) is 47.9 Å². The summed E-state index contributed by atoms with van der Waals surface area (Å²) in [6, 6.07) is 15.6. The van der Waals surface area contributed by atoms with E-state index in [9.17, 15) is 4.79 Å². The molecule has 1 heterocycles. The van der Waals surface area contributed by atoms with Gasteiger partial charge in [0.2, 0.25) is 5.91 Å². The molecule has 0 aliphatic heterocycles. The van der Waals surface area contributed by atoms with E-state index in [2.05, 4.69) is 10.3 Å². The Labute approximate surface area is 161 Å².